The number of rotatable bonds is 6. The Morgan fingerprint density at radius 3 is 2.54 bits per heavy atom. The van der Waals surface area contributed by atoms with Crippen molar-refractivity contribution in [1.29, 1.82) is 5.26 Å². The molecule has 0 fully saturated rings. The molecule has 3 N–H and O–H groups in total. The van der Waals surface area contributed by atoms with Gasteiger partial charge in [0.1, 0.15) is 18.2 Å². The molecule has 2 aromatic rings. The number of carbonyl (C=O) groups is 2. The van der Waals surface area contributed by atoms with E-state index in [4.69, 9.17) is 20.5 Å². The Labute approximate surface area is 176 Å². The Balaban J connectivity index is 2.28. The fourth-order valence-electron chi connectivity index (χ4n) is 2.30. The van der Waals surface area contributed by atoms with E-state index in [1.807, 2.05) is 36.5 Å². The fourth-order valence-corrected chi connectivity index (χ4v) is 3.08. The second-order valence-electron chi connectivity index (χ2n) is 5.80. The van der Waals surface area contributed by atoms with Gasteiger partial charge in [-0.25, -0.2) is 4.79 Å². The van der Waals surface area contributed by atoms with Crippen LogP contribution in [0.4, 0.5) is 4.79 Å². The number of amides is 3. The number of hydrogen-bond acceptors (Lipinski definition) is 5. The van der Waals surface area contributed by atoms with Crippen LogP contribution in [0.1, 0.15) is 16.7 Å². The van der Waals surface area contributed by atoms with E-state index in [0.717, 1.165) is 9.13 Å². The van der Waals surface area contributed by atoms with Gasteiger partial charge in [-0.3, -0.25) is 10.1 Å². The molecule has 0 unspecified atom stereocenters. The van der Waals surface area contributed by atoms with Gasteiger partial charge < -0.3 is 15.2 Å². The highest BCUT2D eigenvalue weighted by Gasteiger charge is 2.15. The molecule has 0 aliphatic carbocycles. The average Bonchev–Trinajstić information content (AvgIpc) is 2.65. The largest absolute Gasteiger partial charge is 0.493 e. The van der Waals surface area contributed by atoms with Gasteiger partial charge in [-0.2, -0.15) is 5.26 Å². The van der Waals surface area contributed by atoms with E-state index >= 15 is 0 Å². The highest BCUT2D eigenvalue weighted by atomic mass is 127. The van der Waals surface area contributed by atoms with Crippen LogP contribution in [0.2, 0.25) is 0 Å². The number of nitrogens with zero attached hydrogens (tertiary/aromatic N) is 1. The molecule has 2 rings (SSSR count). The summed E-state index contributed by atoms with van der Waals surface area (Å²) in [5, 5.41) is 11.0. The minimum atomic E-state index is -1.03. The normalized spacial score (nSPS) is 10.7. The minimum Gasteiger partial charge on any atom is -0.493 e. The number of halogens is 1. The Bertz CT molecular complexity index is 963. The zero-order valence-corrected chi connectivity index (χ0v) is 17.4. The van der Waals surface area contributed by atoms with Crippen molar-refractivity contribution in [2.45, 2.75) is 13.5 Å². The summed E-state index contributed by atoms with van der Waals surface area (Å²) >= 11 is 2.09. The lowest BCUT2D eigenvalue weighted by atomic mass is 10.1. The third-order valence-corrected chi connectivity index (χ3v) is 4.47. The summed E-state index contributed by atoms with van der Waals surface area (Å²) in [6, 6.07) is 12.1. The number of nitrogens with two attached hydrogens (primary N) is 1. The van der Waals surface area contributed by atoms with Crippen molar-refractivity contribution in [2.75, 3.05) is 7.11 Å². The zero-order chi connectivity index (χ0) is 20.7. The number of urea groups is 1. The molecule has 144 valence electrons. The molecular formula is C20H18IN3O4. The van der Waals surface area contributed by atoms with Crippen molar-refractivity contribution in [3.8, 4) is 17.6 Å². The quantitative estimate of drug-likeness (QED) is 0.366. The molecule has 0 saturated heterocycles. The second kappa shape index (κ2) is 9.75. The van der Waals surface area contributed by atoms with E-state index in [1.54, 1.807) is 18.2 Å². The van der Waals surface area contributed by atoms with Gasteiger partial charge in [0.15, 0.2) is 11.5 Å². The van der Waals surface area contributed by atoms with Gasteiger partial charge >= 0.3 is 6.03 Å². The number of methoxy groups -OCH3 is 1. The molecule has 0 atom stereocenters. The van der Waals surface area contributed by atoms with Crippen LogP contribution in [0.15, 0.2) is 42.0 Å². The number of ether oxygens (including phenoxy) is 2. The van der Waals surface area contributed by atoms with Gasteiger partial charge in [0.25, 0.3) is 5.91 Å². The summed E-state index contributed by atoms with van der Waals surface area (Å²) in [5.41, 5.74) is 7.38. The third kappa shape index (κ3) is 5.72. The van der Waals surface area contributed by atoms with Crippen LogP contribution in [-0.2, 0) is 11.4 Å². The Morgan fingerprint density at radius 2 is 1.96 bits per heavy atom. The zero-order valence-electron chi connectivity index (χ0n) is 15.3. The lowest BCUT2D eigenvalue weighted by Crippen LogP contribution is -2.35. The maximum absolute atomic E-state index is 11.8. The van der Waals surface area contributed by atoms with Gasteiger partial charge in [0.2, 0.25) is 0 Å². The topological polar surface area (TPSA) is 114 Å². The number of aryl methyl sites for hydroxylation is 1. The van der Waals surface area contributed by atoms with Gasteiger partial charge in [-0.05, 0) is 58.9 Å². The molecule has 3 amide bonds. The number of carbonyl (C=O) groups excluding carboxylic acids is 2. The van der Waals surface area contributed by atoms with Gasteiger partial charge in [0, 0.05) is 0 Å². The van der Waals surface area contributed by atoms with Crippen LogP contribution < -0.4 is 20.5 Å². The molecule has 28 heavy (non-hydrogen) atoms. The Morgan fingerprint density at radius 1 is 1.29 bits per heavy atom. The number of nitrogens with one attached hydrogen (secondary N) is 1. The standard InChI is InChI=1S/C20H18IN3O4/c1-12-3-5-13(6-4-12)11-28-18-16(21)8-14(9-17(18)27-2)7-15(10-22)19(25)24-20(23)26/h3-9H,11H2,1-2H3,(H3,23,24,25,26)/b15-7-. The monoisotopic (exact) mass is 491 g/mol. The molecule has 0 aromatic heterocycles. The van der Waals surface area contributed by atoms with Crippen molar-refractivity contribution < 1.29 is 19.1 Å². The molecule has 0 spiro atoms. The first kappa shape index (κ1) is 21.2. The summed E-state index contributed by atoms with van der Waals surface area (Å²) in [6.45, 7) is 2.38. The first-order valence-corrected chi connectivity index (χ1v) is 9.20. The summed E-state index contributed by atoms with van der Waals surface area (Å²) < 4.78 is 12.0. The highest BCUT2D eigenvalue weighted by Crippen LogP contribution is 2.35. The molecule has 0 aliphatic heterocycles. The van der Waals surface area contributed by atoms with Crippen LogP contribution in [0.25, 0.3) is 6.08 Å². The summed E-state index contributed by atoms with van der Waals surface area (Å²) in [4.78, 5) is 22.6. The number of nitriles is 1. The smallest absolute Gasteiger partial charge is 0.319 e. The van der Waals surface area contributed by atoms with Crippen molar-refractivity contribution in [3.63, 3.8) is 0 Å². The average molecular weight is 491 g/mol. The predicted octanol–water partition coefficient (Wildman–Crippen LogP) is 3.29. The molecule has 0 saturated carbocycles. The van der Waals surface area contributed by atoms with Crippen molar-refractivity contribution in [2.24, 2.45) is 5.73 Å². The Kier molecular flexibility index (Phi) is 7.40. The number of benzene rings is 2. The van der Waals surface area contributed by atoms with Crippen molar-refractivity contribution in [3.05, 3.63) is 62.2 Å². The van der Waals surface area contributed by atoms with Gasteiger partial charge in [-0.15, -0.1) is 0 Å². The number of imide groups is 1. The SMILES string of the molecule is COc1cc(/C=C(/C#N)C(=O)NC(N)=O)cc(I)c1OCc1ccc(C)cc1. The lowest BCUT2D eigenvalue weighted by molar-refractivity contribution is -0.115. The maximum Gasteiger partial charge on any atom is 0.319 e. The fraction of sp³-hybridized carbons (Fsp3) is 0.150. The van der Waals surface area contributed by atoms with Crippen molar-refractivity contribution >= 4 is 40.6 Å². The predicted molar refractivity (Wildman–Crippen MR) is 113 cm³/mol. The second-order valence-corrected chi connectivity index (χ2v) is 6.96. The minimum absolute atomic E-state index is 0.259. The van der Waals surface area contributed by atoms with Crippen LogP contribution in [0.5, 0.6) is 11.5 Å². The summed E-state index contributed by atoms with van der Waals surface area (Å²) in [5.74, 6) is 0.141. The first-order valence-electron chi connectivity index (χ1n) is 8.12. The molecule has 2 aromatic carbocycles. The molecule has 8 heteroatoms. The third-order valence-electron chi connectivity index (χ3n) is 3.67. The number of hydrogen-bond donors (Lipinski definition) is 2. The molecular weight excluding hydrogens is 473 g/mol. The number of primary amides is 1. The van der Waals surface area contributed by atoms with E-state index in [0.29, 0.717) is 23.7 Å². The first-order chi connectivity index (χ1) is 13.3. The van der Waals surface area contributed by atoms with E-state index in [-0.39, 0.29) is 5.57 Å². The summed E-state index contributed by atoms with van der Waals surface area (Å²) in [7, 11) is 1.50. The van der Waals surface area contributed by atoms with Crippen LogP contribution in [0, 0.1) is 21.8 Å². The van der Waals surface area contributed by atoms with Gasteiger partial charge in [0.05, 0.1) is 10.7 Å². The molecule has 0 radical (unpaired) electrons. The molecule has 0 heterocycles. The van der Waals surface area contributed by atoms with Gasteiger partial charge in [-0.1, -0.05) is 29.8 Å². The van der Waals surface area contributed by atoms with Crippen molar-refractivity contribution in [1.82, 2.24) is 5.32 Å². The lowest BCUT2D eigenvalue weighted by Gasteiger charge is -2.14. The van der Waals surface area contributed by atoms with E-state index in [1.165, 1.54) is 18.7 Å². The maximum atomic E-state index is 11.8. The van der Waals surface area contributed by atoms with Crippen LogP contribution >= 0.6 is 22.6 Å². The molecule has 7 nitrogen and oxygen atoms in total. The van der Waals surface area contributed by atoms with E-state index in [2.05, 4.69) is 22.6 Å². The van der Waals surface area contributed by atoms with Crippen LogP contribution in [-0.4, -0.2) is 19.0 Å². The van der Waals surface area contributed by atoms with Crippen LogP contribution in [0.3, 0.4) is 0 Å². The molecule has 0 bridgehead atoms. The highest BCUT2D eigenvalue weighted by molar-refractivity contribution is 14.1. The van der Waals surface area contributed by atoms with E-state index < -0.39 is 11.9 Å². The van der Waals surface area contributed by atoms with E-state index in [9.17, 15) is 9.59 Å². The Hall–Kier alpha value is -3.06. The molecule has 0 aliphatic rings. The summed E-state index contributed by atoms with van der Waals surface area (Å²) in [6.07, 6.45) is 1.34.